The molecule has 0 amide bonds. The quantitative estimate of drug-likeness (QED) is 0.880. The smallest absolute Gasteiger partial charge is 0.263 e. The minimum atomic E-state index is -3.88. The van der Waals surface area contributed by atoms with Crippen molar-refractivity contribution in [1.82, 2.24) is 9.97 Å². The fourth-order valence-electron chi connectivity index (χ4n) is 2.30. The maximum Gasteiger partial charge on any atom is 0.263 e. The molecule has 3 rings (SSSR count). The Balaban J connectivity index is 1.79. The minimum absolute atomic E-state index is 0.0789. The average molecular weight is 345 g/mol. The molecule has 1 aliphatic heterocycles. The van der Waals surface area contributed by atoms with Gasteiger partial charge in [-0.3, -0.25) is 4.72 Å². The number of anilines is 2. The molecule has 124 valence electrons. The summed E-state index contributed by atoms with van der Waals surface area (Å²) in [5, 5.41) is 9.05. The van der Waals surface area contributed by atoms with Crippen LogP contribution in [0.2, 0.25) is 0 Å². The summed E-state index contributed by atoms with van der Waals surface area (Å²) in [5.41, 5.74) is 0.315. The molecule has 2 heterocycles. The zero-order chi connectivity index (χ0) is 17.0. The maximum absolute atomic E-state index is 12.4. The zero-order valence-corrected chi connectivity index (χ0v) is 13.5. The van der Waals surface area contributed by atoms with E-state index in [1.165, 1.54) is 24.5 Å². The molecular formula is C15H15N5O3S. The van der Waals surface area contributed by atoms with Crippen LogP contribution in [0.25, 0.3) is 0 Å². The summed E-state index contributed by atoms with van der Waals surface area (Å²) in [6.07, 6.45) is 2.81. The van der Waals surface area contributed by atoms with E-state index in [-0.39, 0.29) is 16.1 Å². The monoisotopic (exact) mass is 345 g/mol. The second kappa shape index (κ2) is 6.82. The number of rotatable bonds is 4. The Morgan fingerprint density at radius 1 is 1.17 bits per heavy atom. The van der Waals surface area contributed by atoms with Crippen LogP contribution in [0.1, 0.15) is 5.56 Å². The van der Waals surface area contributed by atoms with E-state index in [1.54, 1.807) is 12.1 Å². The second-order valence-electron chi connectivity index (χ2n) is 5.08. The first-order valence-corrected chi connectivity index (χ1v) is 8.75. The molecule has 1 saturated heterocycles. The lowest BCUT2D eigenvalue weighted by molar-refractivity contribution is 0.122. The van der Waals surface area contributed by atoms with Gasteiger partial charge in [0, 0.05) is 13.1 Å². The van der Waals surface area contributed by atoms with Gasteiger partial charge in [-0.15, -0.1) is 0 Å². The SMILES string of the molecule is N#Cc1ccccc1S(=O)(=O)Nc1cnc(N2CCOCC2)nc1. The molecule has 0 unspecified atom stereocenters. The Morgan fingerprint density at radius 2 is 1.83 bits per heavy atom. The molecule has 1 aliphatic rings. The van der Waals surface area contributed by atoms with Crippen molar-refractivity contribution < 1.29 is 13.2 Å². The first-order chi connectivity index (χ1) is 11.6. The van der Waals surface area contributed by atoms with Crippen molar-refractivity contribution >= 4 is 21.7 Å². The van der Waals surface area contributed by atoms with Crippen LogP contribution in [0.5, 0.6) is 0 Å². The highest BCUT2D eigenvalue weighted by Gasteiger charge is 2.19. The number of benzene rings is 1. The number of sulfonamides is 1. The van der Waals surface area contributed by atoms with E-state index in [4.69, 9.17) is 10.00 Å². The van der Waals surface area contributed by atoms with Gasteiger partial charge < -0.3 is 9.64 Å². The highest BCUT2D eigenvalue weighted by Crippen LogP contribution is 2.19. The Morgan fingerprint density at radius 3 is 2.50 bits per heavy atom. The van der Waals surface area contributed by atoms with Crippen LogP contribution in [0.15, 0.2) is 41.6 Å². The number of morpholine rings is 1. The van der Waals surface area contributed by atoms with Gasteiger partial charge in [-0.25, -0.2) is 18.4 Å². The van der Waals surface area contributed by atoms with E-state index in [0.29, 0.717) is 32.3 Å². The molecule has 1 N–H and O–H groups in total. The van der Waals surface area contributed by atoms with Crippen molar-refractivity contribution in [1.29, 1.82) is 5.26 Å². The molecule has 1 aromatic carbocycles. The van der Waals surface area contributed by atoms with Gasteiger partial charge in [0.15, 0.2) is 0 Å². The van der Waals surface area contributed by atoms with Gasteiger partial charge in [-0.2, -0.15) is 5.26 Å². The van der Waals surface area contributed by atoms with Crippen LogP contribution in [0.3, 0.4) is 0 Å². The van der Waals surface area contributed by atoms with Crippen molar-refractivity contribution in [3.63, 3.8) is 0 Å². The summed E-state index contributed by atoms with van der Waals surface area (Å²) in [6, 6.07) is 7.87. The molecule has 0 bridgehead atoms. The van der Waals surface area contributed by atoms with Gasteiger partial charge in [0.2, 0.25) is 5.95 Å². The van der Waals surface area contributed by atoms with Crippen molar-refractivity contribution in [2.75, 3.05) is 35.9 Å². The van der Waals surface area contributed by atoms with Crippen molar-refractivity contribution in [2.24, 2.45) is 0 Å². The normalized spacial score (nSPS) is 14.9. The molecule has 0 radical (unpaired) electrons. The first-order valence-electron chi connectivity index (χ1n) is 7.27. The summed E-state index contributed by atoms with van der Waals surface area (Å²) < 4.78 is 32.5. The Labute approximate surface area is 139 Å². The van der Waals surface area contributed by atoms with E-state index in [1.807, 2.05) is 11.0 Å². The molecule has 1 aromatic heterocycles. The van der Waals surface area contributed by atoms with Crippen molar-refractivity contribution in [2.45, 2.75) is 4.90 Å². The maximum atomic E-state index is 12.4. The van der Waals surface area contributed by atoms with E-state index >= 15 is 0 Å². The fourth-order valence-corrected chi connectivity index (χ4v) is 3.49. The third-order valence-corrected chi connectivity index (χ3v) is 4.92. The molecule has 1 fully saturated rings. The molecule has 9 heteroatoms. The lowest BCUT2D eigenvalue weighted by Crippen LogP contribution is -2.37. The lowest BCUT2D eigenvalue weighted by Gasteiger charge is -2.26. The molecule has 0 atom stereocenters. The number of ether oxygens (including phenoxy) is 1. The summed E-state index contributed by atoms with van der Waals surface area (Å²) in [6.45, 7) is 2.62. The number of nitrogens with zero attached hydrogens (tertiary/aromatic N) is 4. The van der Waals surface area contributed by atoms with Crippen LogP contribution < -0.4 is 9.62 Å². The number of aromatic nitrogens is 2. The highest BCUT2D eigenvalue weighted by atomic mass is 32.2. The summed E-state index contributed by atoms with van der Waals surface area (Å²) >= 11 is 0. The number of nitrogens with one attached hydrogen (secondary N) is 1. The zero-order valence-electron chi connectivity index (χ0n) is 12.7. The number of hydrogen-bond donors (Lipinski definition) is 1. The molecule has 24 heavy (non-hydrogen) atoms. The molecule has 0 spiro atoms. The van der Waals surface area contributed by atoms with E-state index in [2.05, 4.69) is 14.7 Å². The summed E-state index contributed by atoms with van der Waals surface area (Å²) in [7, 11) is -3.88. The van der Waals surface area contributed by atoms with E-state index in [0.717, 1.165) is 0 Å². The van der Waals surface area contributed by atoms with Crippen LogP contribution in [0, 0.1) is 11.3 Å². The molecule has 2 aromatic rings. The fraction of sp³-hybridized carbons (Fsp3) is 0.267. The van der Waals surface area contributed by atoms with Gasteiger partial charge >= 0.3 is 0 Å². The topological polar surface area (TPSA) is 108 Å². The second-order valence-corrected chi connectivity index (χ2v) is 6.74. The van der Waals surface area contributed by atoms with E-state index < -0.39 is 10.0 Å². The third-order valence-electron chi connectivity index (χ3n) is 3.48. The lowest BCUT2D eigenvalue weighted by atomic mass is 10.2. The van der Waals surface area contributed by atoms with Gasteiger partial charge in [0.1, 0.15) is 11.0 Å². The molecule has 0 aliphatic carbocycles. The summed E-state index contributed by atoms with van der Waals surface area (Å²) in [4.78, 5) is 10.3. The van der Waals surface area contributed by atoms with Crippen molar-refractivity contribution in [3.8, 4) is 6.07 Å². The van der Waals surface area contributed by atoms with Crippen molar-refractivity contribution in [3.05, 3.63) is 42.2 Å². The molecule has 8 nitrogen and oxygen atoms in total. The number of hydrogen-bond acceptors (Lipinski definition) is 7. The average Bonchev–Trinajstić information content (AvgIpc) is 2.63. The largest absolute Gasteiger partial charge is 0.378 e. The Kier molecular flexibility index (Phi) is 4.59. The highest BCUT2D eigenvalue weighted by molar-refractivity contribution is 7.92. The Bertz CT molecular complexity index is 855. The number of nitriles is 1. The third kappa shape index (κ3) is 3.45. The van der Waals surface area contributed by atoms with E-state index in [9.17, 15) is 8.42 Å². The van der Waals surface area contributed by atoms with Gasteiger partial charge in [-0.05, 0) is 12.1 Å². The molecular weight excluding hydrogens is 330 g/mol. The van der Waals surface area contributed by atoms with Crippen LogP contribution in [-0.2, 0) is 14.8 Å². The van der Waals surface area contributed by atoms with Gasteiger partial charge in [0.05, 0.1) is 36.9 Å². The predicted molar refractivity (Wildman–Crippen MR) is 87.0 cm³/mol. The summed E-state index contributed by atoms with van der Waals surface area (Å²) in [5.74, 6) is 0.527. The van der Waals surface area contributed by atoms with Crippen LogP contribution >= 0.6 is 0 Å². The standard InChI is InChI=1S/C15H15N5O3S/c16-9-12-3-1-2-4-14(12)24(21,22)19-13-10-17-15(18-11-13)20-5-7-23-8-6-20/h1-4,10-11,19H,5-8H2. The first kappa shape index (κ1) is 16.2. The van der Waals surface area contributed by atoms with Gasteiger partial charge in [0.25, 0.3) is 10.0 Å². The minimum Gasteiger partial charge on any atom is -0.378 e. The predicted octanol–water partition coefficient (Wildman–Crippen LogP) is 0.986. The molecule has 0 saturated carbocycles. The van der Waals surface area contributed by atoms with Gasteiger partial charge in [-0.1, -0.05) is 12.1 Å². The van der Waals surface area contributed by atoms with Crippen LogP contribution in [0.4, 0.5) is 11.6 Å². The van der Waals surface area contributed by atoms with Crippen LogP contribution in [-0.4, -0.2) is 44.7 Å². The Hall–Kier alpha value is -2.70.